The number of hydrogen-bond donors (Lipinski definition) is 1. The summed E-state index contributed by atoms with van der Waals surface area (Å²) in [6, 6.07) is 0. The second-order valence-corrected chi connectivity index (χ2v) is 5.58. The average Bonchev–Trinajstić information content (AvgIpc) is 2.86. The van der Waals surface area contributed by atoms with E-state index in [9.17, 15) is 0 Å². The molecule has 0 bridgehead atoms. The molecule has 0 aliphatic carbocycles. The van der Waals surface area contributed by atoms with E-state index in [0.717, 1.165) is 31.3 Å². The molecule has 4 heteroatoms. The molecule has 1 aromatic rings. The van der Waals surface area contributed by atoms with Crippen LogP contribution in [0.15, 0.2) is 6.33 Å². The Bertz CT molecular complexity index is 426. The third-order valence-corrected chi connectivity index (χ3v) is 4.64. The van der Waals surface area contributed by atoms with Gasteiger partial charge in [0.1, 0.15) is 18.0 Å². The van der Waals surface area contributed by atoms with Crippen LogP contribution >= 0.6 is 0 Å². The maximum Gasteiger partial charge on any atom is 0.137 e. The highest BCUT2D eigenvalue weighted by atomic mass is 15.2. The lowest BCUT2D eigenvalue weighted by atomic mass is 9.82. The second kappa shape index (κ2) is 5.76. The van der Waals surface area contributed by atoms with Crippen molar-refractivity contribution in [1.82, 2.24) is 9.97 Å². The first kappa shape index (κ1) is 14.1. The number of nitrogens with zero attached hydrogens (tertiary/aromatic N) is 3. The predicted octanol–water partition coefficient (Wildman–Crippen LogP) is 3.23. The lowest BCUT2D eigenvalue weighted by Crippen LogP contribution is -2.27. The molecule has 1 saturated heterocycles. The Morgan fingerprint density at radius 1 is 1.26 bits per heavy atom. The molecule has 1 N–H and O–H groups in total. The minimum Gasteiger partial charge on any atom is -0.370 e. The van der Waals surface area contributed by atoms with Gasteiger partial charge in [0, 0.05) is 25.2 Å². The van der Waals surface area contributed by atoms with E-state index >= 15 is 0 Å². The summed E-state index contributed by atoms with van der Waals surface area (Å²) in [5, 5.41) is 3.31. The number of rotatable bonds is 5. The molecule has 1 fully saturated rings. The minimum absolute atomic E-state index is 0.482. The van der Waals surface area contributed by atoms with Crippen molar-refractivity contribution in [2.45, 2.75) is 47.0 Å². The Kier molecular flexibility index (Phi) is 4.27. The highest BCUT2D eigenvalue weighted by molar-refractivity contribution is 5.58. The Balaban J connectivity index is 2.22. The Labute approximate surface area is 116 Å². The molecule has 0 saturated carbocycles. The van der Waals surface area contributed by atoms with Gasteiger partial charge in [-0.25, -0.2) is 9.97 Å². The standard InChI is InChI=1S/C15H26N4/c1-5-15(6-2)8-9-19(10-15)14-12(4)13(16-7-3)17-11-18-14/h11H,5-10H2,1-4H3,(H,16,17,18). The first-order chi connectivity index (χ1) is 9.15. The van der Waals surface area contributed by atoms with Crippen LogP contribution in [0.4, 0.5) is 11.6 Å². The van der Waals surface area contributed by atoms with E-state index in [4.69, 9.17) is 0 Å². The highest BCUT2D eigenvalue weighted by Crippen LogP contribution is 2.39. The van der Waals surface area contributed by atoms with Gasteiger partial charge in [0.25, 0.3) is 0 Å². The summed E-state index contributed by atoms with van der Waals surface area (Å²) in [5.74, 6) is 2.08. The largest absolute Gasteiger partial charge is 0.370 e. The zero-order valence-corrected chi connectivity index (χ0v) is 12.7. The third-order valence-electron chi connectivity index (χ3n) is 4.64. The van der Waals surface area contributed by atoms with Crippen LogP contribution in [-0.4, -0.2) is 29.6 Å². The first-order valence-electron chi connectivity index (χ1n) is 7.46. The van der Waals surface area contributed by atoms with Crippen LogP contribution in [0.1, 0.15) is 45.6 Å². The number of anilines is 2. The van der Waals surface area contributed by atoms with Gasteiger partial charge in [-0.3, -0.25) is 0 Å². The topological polar surface area (TPSA) is 41.1 Å². The Morgan fingerprint density at radius 2 is 2.00 bits per heavy atom. The lowest BCUT2D eigenvalue weighted by molar-refractivity contribution is 0.301. The van der Waals surface area contributed by atoms with Gasteiger partial charge < -0.3 is 10.2 Å². The maximum atomic E-state index is 4.51. The van der Waals surface area contributed by atoms with Crippen LogP contribution < -0.4 is 10.2 Å². The van der Waals surface area contributed by atoms with Crippen molar-refractivity contribution < 1.29 is 0 Å². The number of hydrogen-bond acceptors (Lipinski definition) is 4. The molecule has 4 nitrogen and oxygen atoms in total. The smallest absolute Gasteiger partial charge is 0.137 e. The molecule has 1 aromatic heterocycles. The van der Waals surface area contributed by atoms with Crippen LogP contribution in [0.25, 0.3) is 0 Å². The fourth-order valence-electron chi connectivity index (χ4n) is 3.05. The van der Waals surface area contributed by atoms with Crippen LogP contribution in [0.5, 0.6) is 0 Å². The van der Waals surface area contributed by atoms with Crippen molar-refractivity contribution in [3.63, 3.8) is 0 Å². The quantitative estimate of drug-likeness (QED) is 0.884. The summed E-state index contributed by atoms with van der Waals surface area (Å²) < 4.78 is 0. The molecule has 0 unspecified atom stereocenters. The monoisotopic (exact) mass is 262 g/mol. The molecule has 1 aliphatic heterocycles. The van der Waals surface area contributed by atoms with E-state index < -0.39 is 0 Å². The van der Waals surface area contributed by atoms with Crippen molar-refractivity contribution in [3.8, 4) is 0 Å². The van der Waals surface area contributed by atoms with E-state index in [-0.39, 0.29) is 0 Å². The summed E-state index contributed by atoms with van der Waals surface area (Å²) in [5.41, 5.74) is 1.66. The van der Waals surface area contributed by atoms with Crippen LogP contribution in [-0.2, 0) is 0 Å². The zero-order valence-electron chi connectivity index (χ0n) is 12.7. The average molecular weight is 262 g/mol. The molecule has 0 atom stereocenters. The van der Waals surface area contributed by atoms with E-state index in [1.54, 1.807) is 6.33 Å². The van der Waals surface area contributed by atoms with Gasteiger partial charge in [0.2, 0.25) is 0 Å². The van der Waals surface area contributed by atoms with E-state index in [2.05, 4.69) is 47.9 Å². The molecule has 0 radical (unpaired) electrons. The molecule has 19 heavy (non-hydrogen) atoms. The van der Waals surface area contributed by atoms with Gasteiger partial charge in [-0.1, -0.05) is 13.8 Å². The normalized spacial score (nSPS) is 17.8. The summed E-state index contributed by atoms with van der Waals surface area (Å²) in [6.45, 7) is 12.0. The van der Waals surface area contributed by atoms with Gasteiger partial charge in [0.15, 0.2) is 0 Å². The molecule has 2 rings (SSSR count). The first-order valence-corrected chi connectivity index (χ1v) is 7.46. The van der Waals surface area contributed by atoms with Crippen molar-refractivity contribution in [2.75, 3.05) is 29.9 Å². The SMILES string of the molecule is CCNc1ncnc(N2CCC(CC)(CC)C2)c1C. The fourth-order valence-corrected chi connectivity index (χ4v) is 3.05. The summed E-state index contributed by atoms with van der Waals surface area (Å²) in [7, 11) is 0. The maximum absolute atomic E-state index is 4.51. The number of nitrogens with one attached hydrogen (secondary N) is 1. The van der Waals surface area contributed by atoms with Gasteiger partial charge >= 0.3 is 0 Å². The van der Waals surface area contributed by atoms with Gasteiger partial charge in [-0.05, 0) is 38.5 Å². The third kappa shape index (κ3) is 2.67. The molecular weight excluding hydrogens is 236 g/mol. The summed E-state index contributed by atoms with van der Waals surface area (Å²) in [4.78, 5) is 11.3. The van der Waals surface area contributed by atoms with Crippen LogP contribution in [0.2, 0.25) is 0 Å². The molecule has 0 aromatic carbocycles. The van der Waals surface area contributed by atoms with Crippen LogP contribution in [0, 0.1) is 12.3 Å². The molecule has 2 heterocycles. The fraction of sp³-hybridized carbons (Fsp3) is 0.733. The summed E-state index contributed by atoms with van der Waals surface area (Å²) in [6.07, 6.45) is 5.46. The van der Waals surface area contributed by atoms with Crippen LogP contribution in [0.3, 0.4) is 0 Å². The minimum atomic E-state index is 0.482. The van der Waals surface area contributed by atoms with Crippen molar-refractivity contribution in [3.05, 3.63) is 11.9 Å². The van der Waals surface area contributed by atoms with Gasteiger partial charge in [-0.15, -0.1) is 0 Å². The van der Waals surface area contributed by atoms with Crippen molar-refractivity contribution >= 4 is 11.6 Å². The predicted molar refractivity (Wildman–Crippen MR) is 80.8 cm³/mol. The van der Waals surface area contributed by atoms with E-state index in [1.807, 2.05) is 0 Å². The second-order valence-electron chi connectivity index (χ2n) is 5.58. The molecule has 0 spiro atoms. The van der Waals surface area contributed by atoms with Crippen molar-refractivity contribution in [2.24, 2.45) is 5.41 Å². The van der Waals surface area contributed by atoms with E-state index in [1.165, 1.54) is 24.8 Å². The lowest BCUT2D eigenvalue weighted by Gasteiger charge is -2.27. The highest BCUT2D eigenvalue weighted by Gasteiger charge is 2.36. The zero-order chi connectivity index (χ0) is 13.9. The van der Waals surface area contributed by atoms with Crippen molar-refractivity contribution in [1.29, 1.82) is 0 Å². The molecule has 1 aliphatic rings. The Morgan fingerprint density at radius 3 is 2.58 bits per heavy atom. The summed E-state index contributed by atoms with van der Waals surface area (Å²) >= 11 is 0. The molecule has 106 valence electrons. The molecule has 0 amide bonds. The van der Waals surface area contributed by atoms with Gasteiger partial charge in [-0.2, -0.15) is 0 Å². The van der Waals surface area contributed by atoms with Gasteiger partial charge in [0.05, 0.1) is 0 Å². The Hall–Kier alpha value is -1.32. The van der Waals surface area contributed by atoms with E-state index in [0.29, 0.717) is 5.41 Å². The number of aromatic nitrogens is 2. The molecular formula is C15H26N4.